The van der Waals surface area contributed by atoms with Crippen LogP contribution in [0.5, 0.6) is 0 Å². The zero-order valence-electron chi connectivity index (χ0n) is 12.7. The van der Waals surface area contributed by atoms with Crippen LogP contribution in [-0.4, -0.2) is 5.78 Å². The van der Waals surface area contributed by atoms with Crippen molar-refractivity contribution in [2.24, 2.45) is 0 Å². The summed E-state index contributed by atoms with van der Waals surface area (Å²) in [5.41, 5.74) is 0.913. The molecule has 0 heterocycles. The Morgan fingerprint density at radius 1 is 0.900 bits per heavy atom. The topological polar surface area (TPSA) is 17.1 Å². The third-order valence-corrected chi connectivity index (χ3v) is 3.62. The molecule has 20 heavy (non-hydrogen) atoms. The van der Waals surface area contributed by atoms with Gasteiger partial charge in [-0.15, -0.1) is 0 Å². The molecule has 1 rings (SSSR count). The molecule has 0 aliphatic carbocycles. The van der Waals surface area contributed by atoms with Crippen molar-refractivity contribution in [2.45, 2.75) is 71.1 Å². The maximum atomic E-state index is 12.7. The number of rotatable bonds is 11. The first-order valence-electron chi connectivity index (χ1n) is 7.98. The lowest BCUT2D eigenvalue weighted by molar-refractivity contribution is -0.118. The molecule has 0 N–H and O–H groups in total. The van der Waals surface area contributed by atoms with Gasteiger partial charge in [-0.25, -0.2) is 4.39 Å². The van der Waals surface area contributed by atoms with Crippen LogP contribution in [-0.2, 0) is 11.2 Å². The van der Waals surface area contributed by atoms with Crippen molar-refractivity contribution in [3.8, 4) is 0 Å². The second kappa shape index (κ2) is 10.6. The predicted molar refractivity (Wildman–Crippen MR) is 82.3 cm³/mol. The summed E-state index contributed by atoms with van der Waals surface area (Å²) in [6.07, 6.45) is 11.1. The molecule has 112 valence electrons. The highest BCUT2D eigenvalue weighted by molar-refractivity contribution is 5.80. The van der Waals surface area contributed by atoms with Gasteiger partial charge in [-0.2, -0.15) is 0 Å². The first-order chi connectivity index (χ1) is 9.72. The fourth-order valence-corrected chi connectivity index (χ4v) is 2.37. The van der Waals surface area contributed by atoms with Crippen LogP contribution < -0.4 is 0 Å². The molecule has 0 fully saturated rings. The van der Waals surface area contributed by atoms with Gasteiger partial charge in [-0.05, 0) is 24.1 Å². The van der Waals surface area contributed by atoms with Crippen molar-refractivity contribution >= 4 is 5.78 Å². The molecule has 0 aromatic heterocycles. The minimum absolute atomic E-state index is 0.246. The number of Topliss-reactive ketones (excluding diaryl/α,β-unsaturated/α-hetero) is 1. The number of carbonyl (C=O) groups is 1. The van der Waals surface area contributed by atoms with Crippen LogP contribution in [0.1, 0.15) is 70.3 Å². The van der Waals surface area contributed by atoms with E-state index in [0.29, 0.717) is 12.8 Å². The SMILES string of the molecule is CCCCCCCCCCC(=O)Cc1ccc(F)cc1. The smallest absolute Gasteiger partial charge is 0.137 e. The third kappa shape index (κ3) is 8.08. The van der Waals surface area contributed by atoms with Gasteiger partial charge < -0.3 is 0 Å². The molecule has 0 saturated carbocycles. The molecular formula is C18H27FO. The van der Waals surface area contributed by atoms with Crippen LogP contribution in [0.15, 0.2) is 24.3 Å². The molecule has 0 saturated heterocycles. The molecule has 0 aliphatic rings. The first-order valence-corrected chi connectivity index (χ1v) is 7.98. The standard InChI is InChI=1S/C18H27FO/c1-2-3-4-5-6-7-8-9-10-18(20)15-16-11-13-17(19)14-12-16/h11-14H,2-10,15H2,1H3. The second-order valence-electron chi connectivity index (χ2n) is 5.57. The van der Waals surface area contributed by atoms with Crippen molar-refractivity contribution in [3.63, 3.8) is 0 Å². The van der Waals surface area contributed by atoms with E-state index in [9.17, 15) is 9.18 Å². The van der Waals surface area contributed by atoms with Crippen LogP contribution in [0.2, 0.25) is 0 Å². The Labute approximate surface area is 122 Å². The Bertz CT molecular complexity index is 370. The van der Waals surface area contributed by atoms with Crippen LogP contribution in [0.25, 0.3) is 0 Å². The summed E-state index contributed by atoms with van der Waals surface area (Å²) in [5, 5.41) is 0. The first kappa shape index (κ1) is 16.9. The van der Waals surface area contributed by atoms with Crippen LogP contribution in [0, 0.1) is 5.82 Å². The summed E-state index contributed by atoms with van der Waals surface area (Å²) in [6, 6.07) is 6.22. The zero-order chi connectivity index (χ0) is 14.6. The lowest BCUT2D eigenvalue weighted by Gasteiger charge is -2.03. The van der Waals surface area contributed by atoms with E-state index in [-0.39, 0.29) is 11.6 Å². The highest BCUT2D eigenvalue weighted by Crippen LogP contribution is 2.11. The van der Waals surface area contributed by atoms with E-state index in [2.05, 4.69) is 6.92 Å². The van der Waals surface area contributed by atoms with E-state index >= 15 is 0 Å². The molecule has 0 radical (unpaired) electrons. The van der Waals surface area contributed by atoms with Gasteiger partial charge in [-0.3, -0.25) is 4.79 Å². The lowest BCUT2D eigenvalue weighted by atomic mass is 10.0. The third-order valence-electron chi connectivity index (χ3n) is 3.62. The number of hydrogen-bond donors (Lipinski definition) is 0. The van der Waals surface area contributed by atoms with E-state index in [1.807, 2.05) is 0 Å². The quantitative estimate of drug-likeness (QED) is 0.491. The van der Waals surface area contributed by atoms with Crippen molar-refractivity contribution < 1.29 is 9.18 Å². The number of unbranched alkanes of at least 4 members (excludes halogenated alkanes) is 7. The minimum atomic E-state index is -0.246. The van der Waals surface area contributed by atoms with Crippen molar-refractivity contribution in [1.29, 1.82) is 0 Å². The van der Waals surface area contributed by atoms with E-state index < -0.39 is 0 Å². The van der Waals surface area contributed by atoms with Gasteiger partial charge in [-0.1, -0.05) is 64.0 Å². The average Bonchev–Trinajstić information content (AvgIpc) is 2.44. The Kier molecular flexibility index (Phi) is 8.93. The highest BCUT2D eigenvalue weighted by Gasteiger charge is 2.03. The average molecular weight is 278 g/mol. The molecule has 0 unspecified atom stereocenters. The molecule has 0 bridgehead atoms. The number of carbonyl (C=O) groups excluding carboxylic acids is 1. The molecular weight excluding hydrogens is 251 g/mol. The van der Waals surface area contributed by atoms with Gasteiger partial charge in [0, 0.05) is 12.8 Å². The summed E-state index contributed by atoms with van der Waals surface area (Å²) in [5.74, 6) is 0.0202. The Morgan fingerprint density at radius 2 is 1.45 bits per heavy atom. The lowest BCUT2D eigenvalue weighted by Crippen LogP contribution is -2.02. The van der Waals surface area contributed by atoms with E-state index in [4.69, 9.17) is 0 Å². The van der Waals surface area contributed by atoms with Crippen molar-refractivity contribution in [1.82, 2.24) is 0 Å². The molecule has 0 spiro atoms. The summed E-state index contributed by atoms with van der Waals surface area (Å²) in [7, 11) is 0. The highest BCUT2D eigenvalue weighted by atomic mass is 19.1. The van der Waals surface area contributed by atoms with E-state index in [1.165, 1.54) is 50.7 Å². The number of benzene rings is 1. The van der Waals surface area contributed by atoms with Crippen LogP contribution in [0.3, 0.4) is 0 Å². The Hall–Kier alpha value is -1.18. The molecule has 2 heteroatoms. The zero-order valence-corrected chi connectivity index (χ0v) is 12.7. The van der Waals surface area contributed by atoms with E-state index in [0.717, 1.165) is 18.4 Å². The molecule has 1 nitrogen and oxygen atoms in total. The van der Waals surface area contributed by atoms with E-state index in [1.54, 1.807) is 12.1 Å². The molecule has 1 aromatic carbocycles. The maximum absolute atomic E-state index is 12.7. The molecule has 1 aromatic rings. The molecule has 0 amide bonds. The molecule has 0 atom stereocenters. The van der Waals surface area contributed by atoms with Crippen LogP contribution in [0.4, 0.5) is 4.39 Å². The van der Waals surface area contributed by atoms with Gasteiger partial charge in [0.15, 0.2) is 0 Å². The monoisotopic (exact) mass is 278 g/mol. The van der Waals surface area contributed by atoms with Crippen molar-refractivity contribution in [2.75, 3.05) is 0 Å². The predicted octanol–water partition coefficient (Wildman–Crippen LogP) is 5.47. The van der Waals surface area contributed by atoms with Gasteiger partial charge in [0.1, 0.15) is 11.6 Å². The summed E-state index contributed by atoms with van der Waals surface area (Å²) in [4.78, 5) is 11.8. The summed E-state index contributed by atoms with van der Waals surface area (Å²) < 4.78 is 12.7. The normalized spacial score (nSPS) is 10.7. The number of ketones is 1. The summed E-state index contributed by atoms with van der Waals surface area (Å²) in [6.45, 7) is 2.23. The summed E-state index contributed by atoms with van der Waals surface area (Å²) >= 11 is 0. The van der Waals surface area contributed by atoms with Gasteiger partial charge in [0.25, 0.3) is 0 Å². The fourth-order valence-electron chi connectivity index (χ4n) is 2.37. The maximum Gasteiger partial charge on any atom is 0.137 e. The minimum Gasteiger partial charge on any atom is -0.299 e. The number of hydrogen-bond acceptors (Lipinski definition) is 1. The van der Waals surface area contributed by atoms with Crippen molar-refractivity contribution in [3.05, 3.63) is 35.6 Å². The Balaban J connectivity index is 2.01. The second-order valence-corrected chi connectivity index (χ2v) is 5.57. The largest absolute Gasteiger partial charge is 0.299 e. The Morgan fingerprint density at radius 3 is 2.05 bits per heavy atom. The van der Waals surface area contributed by atoms with Gasteiger partial charge in [0.05, 0.1) is 0 Å². The molecule has 0 aliphatic heterocycles. The van der Waals surface area contributed by atoms with Gasteiger partial charge >= 0.3 is 0 Å². The van der Waals surface area contributed by atoms with Crippen LogP contribution >= 0.6 is 0 Å². The van der Waals surface area contributed by atoms with Gasteiger partial charge in [0.2, 0.25) is 0 Å². The fraction of sp³-hybridized carbons (Fsp3) is 0.611. The number of halogens is 1.